The Bertz CT molecular complexity index is 503. The second-order valence-electron chi connectivity index (χ2n) is 7.70. The van der Waals surface area contributed by atoms with Crippen molar-refractivity contribution in [1.82, 2.24) is 10.2 Å². The van der Waals surface area contributed by atoms with Gasteiger partial charge in [0.2, 0.25) is 5.91 Å². The summed E-state index contributed by atoms with van der Waals surface area (Å²) < 4.78 is 0. The molecule has 1 aromatic rings. The number of carbonyl (C=O) groups is 1. The number of aryl methyl sites for hydroxylation is 1. The van der Waals surface area contributed by atoms with Crippen LogP contribution in [-0.4, -0.2) is 30.4 Å². The Hall–Kier alpha value is -1.35. The summed E-state index contributed by atoms with van der Waals surface area (Å²) in [5.41, 5.74) is 2.68. The minimum Gasteiger partial charge on any atom is -0.356 e. The number of hydrogen-bond acceptors (Lipinski definition) is 2. The standard InChI is InChI=1S/C22H36N2O/c1-4-6-7-19(5-2)16-23-22(25)21-12-14-24(15-13-21)17-20-10-8-18(3)9-11-20/h8-11,19,21H,4-7,12-17H2,1-3H3,(H,23,25)/t19-/m0/s1. The molecule has 2 rings (SSSR count). The molecule has 1 aromatic carbocycles. The second kappa shape index (κ2) is 10.6. The third-order valence-electron chi connectivity index (χ3n) is 5.59. The lowest BCUT2D eigenvalue weighted by Gasteiger charge is -2.31. The van der Waals surface area contributed by atoms with Gasteiger partial charge in [0, 0.05) is 19.0 Å². The summed E-state index contributed by atoms with van der Waals surface area (Å²) in [7, 11) is 0. The van der Waals surface area contributed by atoms with Gasteiger partial charge in [0.05, 0.1) is 0 Å². The normalized spacial score (nSPS) is 17.4. The zero-order valence-corrected chi connectivity index (χ0v) is 16.4. The lowest BCUT2D eigenvalue weighted by atomic mass is 9.94. The van der Waals surface area contributed by atoms with Crippen LogP contribution in [0.3, 0.4) is 0 Å². The quantitative estimate of drug-likeness (QED) is 0.713. The monoisotopic (exact) mass is 344 g/mol. The Morgan fingerprint density at radius 2 is 1.88 bits per heavy atom. The average molecular weight is 345 g/mol. The molecule has 1 aliphatic rings. The van der Waals surface area contributed by atoms with Gasteiger partial charge in [0.1, 0.15) is 0 Å². The summed E-state index contributed by atoms with van der Waals surface area (Å²) in [6.07, 6.45) is 6.89. The van der Waals surface area contributed by atoms with E-state index in [1.165, 1.54) is 30.4 Å². The van der Waals surface area contributed by atoms with Crippen LogP contribution in [0, 0.1) is 18.8 Å². The van der Waals surface area contributed by atoms with Crippen molar-refractivity contribution < 1.29 is 4.79 Å². The van der Waals surface area contributed by atoms with Gasteiger partial charge in [-0.3, -0.25) is 9.69 Å². The van der Waals surface area contributed by atoms with E-state index in [1.54, 1.807) is 0 Å². The lowest BCUT2D eigenvalue weighted by molar-refractivity contribution is -0.126. The van der Waals surface area contributed by atoms with E-state index >= 15 is 0 Å². The maximum Gasteiger partial charge on any atom is 0.223 e. The van der Waals surface area contributed by atoms with Gasteiger partial charge in [0.15, 0.2) is 0 Å². The highest BCUT2D eigenvalue weighted by Gasteiger charge is 2.25. The predicted molar refractivity (Wildman–Crippen MR) is 105 cm³/mol. The van der Waals surface area contributed by atoms with Crippen LogP contribution in [0.15, 0.2) is 24.3 Å². The topological polar surface area (TPSA) is 32.3 Å². The molecule has 1 aliphatic heterocycles. The van der Waals surface area contributed by atoms with E-state index < -0.39 is 0 Å². The first-order valence-electron chi connectivity index (χ1n) is 10.2. The Morgan fingerprint density at radius 3 is 2.48 bits per heavy atom. The van der Waals surface area contributed by atoms with Gasteiger partial charge in [-0.15, -0.1) is 0 Å². The molecule has 0 bridgehead atoms. The molecule has 0 saturated carbocycles. The summed E-state index contributed by atoms with van der Waals surface area (Å²) in [5, 5.41) is 3.23. The van der Waals surface area contributed by atoms with Crippen molar-refractivity contribution in [1.29, 1.82) is 0 Å². The van der Waals surface area contributed by atoms with Crippen LogP contribution in [0.5, 0.6) is 0 Å². The maximum absolute atomic E-state index is 12.5. The fraction of sp³-hybridized carbons (Fsp3) is 0.682. The number of nitrogens with zero attached hydrogens (tertiary/aromatic N) is 1. The van der Waals surface area contributed by atoms with Crippen molar-refractivity contribution in [3.05, 3.63) is 35.4 Å². The van der Waals surface area contributed by atoms with Crippen LogP contribution in [-0.2, 0) is 11.3 Å². The summed E-state index contributed by atoms with van der Waals surface area (Å²) in [6, 6.07) is 8.79. The van der Waals surface area contributed by atoms with E-state index in [1.807, 2.05) is 0 Å². The van der Waals surface area contributed by atoms with Crippen molar-refractivity contribution in [3.8, 4) is 0 Å². The highest BCUT2D eigenvalue weighted by molar-refractivity contribution is 5.78. The average Bonchev–Trinajstić information content (AvgIpc) is 2.64. The van der Waals surface area contributed by atoms with Crippen LogP contribution in [0.4, 0.5) is 0 Å². The van der Waals surface area contributed by atoms with Gasteiger partial charge in [-0.25, -0.2) is 0 Å². The molecule has 1 atom stereocenters. The van der Waals surface area contributed by atoms with Gasteiger partial charge in [-0.05, 0) is 50.8 Å². The number of likely N-dealkylation sites (tertiary alicyclic amines) is 1. The van der Waals surface area contributed by atoms with Crippen molar-refractivity contribution in [2.75, 3.05) is 19.6 Å². The molecule has 1 amide bonds. The summed E-state index contributed by atoms with van der Waals surface area (Å²) in [4.78, 5) is 14.9. The third-order valence-corrected chi connectivity index (χ3v) is 5.59. The molecule has 0 radical (unpaired) electrons. The van der Waals surface area contributed by atoms with E-state index in [4.69, 9.17) is 0 Å². The Balaban J connectivity index is 1.69. The number of hydrogen-bond donors (Lipinski definition) is 1. The summed E-state index contributed by atoms with van der Waals surface area (Å²) in [5.74, 6) is 1.13. The van der Waals surface area contributed by atoms with Crippen LogP contribution < -0.4 is 5.32 Å². The minimum absolute atomic E-state index is 0.206. The fourth-order valence-electron chi connectivity index (χ4n) is 3.64. The SMILES string of the molecule is CCCC[C@H](CC)CNC(=O)C1CCN(Cc2ccc(C)cc2)CC1. The van der Waals surface area contributed by atoms with Crippen LogP contribution in [0.2, 0.25) is 0 Å². The molecular weight excluding hydrogens is 308 g/mol. The highest BCUT2D eigenvalue weighted by Crippen LogP contribution is 2.20. The van der Waals surface area contributed by atoms with Gasteiger partial charge >= 0.3 is 0 Å². The molecule has 1 fully saturated rings. The van der Waals surface area contributed by atoms with Gasteiger partial charge in [0.25, 0.3) is 0 Å². The highest BCUT2D eigenvalue weighted by atomic mass is 16.1. The van der Waals surface area contributed by atoms with Gasteiger partial charge in [-0.1, -0.05) is 62.9 Å². The third kappa shape index (κ3) is 6.81. The molecule has 3 nitrogen and oxygen atoms in total. The van der Waals surface area contributed by atoms with E-state index in [9.17, 15) is 4.79 Å². The number of nitrogens with one attached hydrogen (secondary N) is 1. The number of amides is 1. The Morgan fingerprint density at radius 1 is 1.20 bits per heavy atom. The molecule has 1 saturated heterocycles. The van der Waals surface area contributed by atoms with E-state index in [0.29, 0.717) is 5.92 Å². The molecule has 0 aromatic heterocycles. The number of rotatable bonds is 9. The first-order valence-corrected chi connectivity index (χ1v) is 10.2. The Kier molecular flexibility index (Phi) is 8.47. The van der Waals surface area contributed by atoms with E-state index in [0.717, 1.165) is 45.4 Å². The first-order chi connectivity index (χ1) is 12.1. The molecule has 0 unspecified atom stereocenters. The molecule has 1 N–H and O–H groups in total. The number of benzene rings is 1. The van der Waals surface area contributed by atoms with Crippen molar-refractivity contribution in [2.24, 2.45) is 11.8 Å². The molecule has 3 heteroatoms. The zero-order chi connectivity index (χ0) is 18.1. The summed E-state index contributed by atoms with van der Waals surface area (Å²) in [6.45, 7) is 10.5. The van der Waals surface area contributed by atoms with Crippen molar-refractivity contribution in [3.63, 3.8) is 0 Å². The van der Waals surface area contributed by atoms with E-state index in [-0.39, 0.29) is 11.8 Å². The fourth-order valence-corrected chi connectivity index (χ4v) is 3.64. The lowest BCUT2D eigenvalue weighted by Crippen LogP contribution is -2.41. The molecular formula is C22H36N2O. The number of unbranched alkanes of at least 4 members (excludes halogenated alkanes) is 1. The molecule has 140 valence electrons. The maximum atomic E-state index is 12.5. The van der Waals surface area contributed by atoms with Crippen molar-refractivity contribution >= 4 is 5.91 Å². The van der Waals surface area contributed by atoms with Gasteiger partial charge < -0.3 is 5.32 Å². The zero-order valence-electron chi connectivity index (χ0n) is 16.4. The number of piperidine rings is 1. The molecule has 1 heterocycles. The minimum atomic E-state index is 0.206. The van der Waals surface area contributed by atoms with Crippen LogP contribution in [0.25, 0.3) is 0 Å². The first kappa shape index (κ1) is 20.0. The summed E-state index contributed by atoms with van der Waals surface area (Å²) >= 11 is 0. The van der Waals surface area contributed by atoms with Gasteiger partial charge in [-0.2, -0.15) is 0 Å². The van der Waals surface area contributed by atoms with E-state index in [2.05, 4.69) is 55.3 Å². The Labute approximate surface area is 154 Å². The second-order valence-corrected chi connectivity index (χ2v) is 7.70. The molecule has 0 spiro atoms. The number of carbonyl (C=O) groups excluding carboxylic acids is 1. The van der Waals surface area contributed by atoms with Crippen LogP contribution >= 0.6 is 0 Å². The molecule has 0 aliphatic carbocycles. The largest absolute Gasteiger partial charge is 0.356 e. The predicted octanol–water partition coefficient (Wildman–Crippen LogP) is 4.54. The smallest absolute Gasteiger partial charge is 0.223 e. The van der Waals surface area contributed by atoms with Crippen molar-refractivity contribution in [2.45, 2.75) is 65.8 Å². The molecule has 25 heavy (non-hydrogen) atoms. The van der Waals surface area contributed by atoms with Crippen LogP contribution in [0.1, 0.15) is 63.5 Å².